The summed E-state index contributed by atoms with van der Waals surface area (Å²) in [6, 6.07) is 0.0243. The highest BCUT2D eigenvalue weighted by Crippen LogP contribution is 2.35. The molecular weight excluding hydrogens is 288 g/mol. The third kappa shape index (κ3) is 8.63. The van der Waals surface area contributed by atoms with Gasteiger partial charge in [-0.05, 0) is 25.7 Å². The lowest BCUT2D eigenvalue weighted by atomic mass is 10.0. The van der Waals surface area contributed by atoms with Crippen molar-refractivity contribution in [1.29, 1.82) is 0 Å². The summed E-state index contributed by atoms with van der Waals surface area (Å²) >= 11 is 0. The molecule has 0 bridgehead atoms. The molecule has 8 heteroatoms. The minimum atomic E-state index is -5.44. The van der Waals surface area contributed by atoms with Crippen LogP contribution in [0.2, 0.25) is 0 Å². The van der Waals surface area contributed by atoms with Crippen molar-refractivity contribution in [3.63, 3.8) is 0 Å². The minimum absolute atomic E-state index is 0.0243. The van der Waals surface area contributed by atoms with E-state index in [1.807, 2.05) is 20.8 Å². The highest BCUT2D eigenvalue weighted by atomic mass is 19.4. The Bertz CT molecular complexity index is 250. The average Bonchev–Trinajstić information content (AvgIpc) is 2.22. The number of alkyl halides is 6. The predicted molar refractivity (Wildman–Crippen MR) is 63.4 cm³/mol. The highest BCUT2D eigenvalue weighted by Gasteiger charge is 2.57. The van der Waals surface area contributed by atoms with E-state index in [-0.39, 0.29) is 12.6 Å². The number of hydrogen-bond donors (Lipinski definition) is 1. The molecule has 2 nitrogen and oxygen atoms in total. The zero-order valence-electron chi connectivity index (χ0n) is 11.7. The molecule has 0 spiro atoms. The molecule has 1 atom stereocenters. The largest absolute Gasteiger partial charge is 0.423 e. The van der Waals surface area contributed by atoms with Gasteiger partial charge in [0.2, 0.25) is 6.10 Å². The first-order valence-electron chi connectivity index (χ1n) is 6.43. The summed E-state index contributed by atoms with van der Waals surface area (Å²) in [5.41, 5.74) is 0. The Labute approximate surface area is 114 Å². The molecular formula is C12H21F6NO. The molecule has 0 saturated carbocycles. The standard InChI is InChI=1S/C12H21F6NO/c1-8(2)4-5-9(3)19-6-7-20-10(11(13,14)15)12(16,17)18/h8-10,19H,4-7H2,1-3H3. The molecule has 0 aromatic carbocycles. The van der Waals surface area contributed by atoms with Gasteiger partial charge in [-0.1, -0.05) is 13.8 Å². The van der Waals surface area contributed by atoms with Crippen LogP contribution < -0.4 is 5.32 Å². The molecule has 1 unspecified atom stereocenters. The van der Waals surface area contributed by atoms with Crippen molar-refractivity contribution in [1.82, 2.24) is 5.32 Å². The Balaban J connectivity index is 4.02. The second-order valence-corrected chi connectivity index (χ2v) is 5.16. The summed E-state index contributed by atoms with van der Waals surface area (Å²) in [4.78, 5) is 0. The zero-order valence-corrected chi connectivity index (χ0v) is 11.7. The molecule has 0 rings (SSSR count). The first-order chi connectivity index (χ1) is 8.94. The van der Waals surface area contributed by atoms with Gasteiger partial charge in [-0.15, -0.1) is 0 Å². The molecule has 0 aromatic rings. The molecule has 0 amide bonds. The minimum Gasteiger partial charge on any atom is -0.360 e. The van der Waals surface area contributed by atoms with Crippen molar-refractivity contribution in [2.75, 3.05) is 13.2 Å². The molecule has 1 N–H and O–H groups in total. The fourth-order valence-corrected chi connectivity index (χ4v) is 1.54. The van der Waals surface area contributed by atoms with Gasteiger partial charge in [0.05, 0.1) is 6.61 Å². The monoisotopic (exact) mass is 309 g/mol. The highest BCUT2D eigenvalue weighted by molar-refractivity contribution is 4.76. The van der Waals surface area contributed by atoms with E-state index >= 15 is 0 Å². The van der Waals surface area contributed by atoms with Crippen LogP contribution >= 0.6 is 0 Å². The van der Waals surface area contributed by atoms with E-state index < -0.39 is 25.1 Å². The van der Waals surface area contributed by atoms with Crippen molar-refractivity contribution in [3.8, 4) is 0 Å². The van der Waals surface area contributed by atoms with Crippen LogP contribution in [0.5, 0.6) is 0 Å². The van der Waals surface area contributed by atoms with Gasteiger partial charge in [0.1, 0.15) is 0 Å². The molecule has 0 heterocycles. The fourth-order valence-electron chi connectivity index (χ4n) is 1.54. The van der Waals surface area contributed by atoms with E-state index in [0.717, 1.165) is 12.8 Å². The van der Waals surface area contributed by atoms with E-state index in [1.54, 1.807) is 0 Å². The number of halogens is 6. The van der Waals surface area contributed by atoms with Crippen molar-refractivity contribution in [2.24, 2.45) is 5.92 Å². The smallest absolute Gasteiger partial charge is 0.360 e. The van der Waals surface area contributed by atoms with Crippen LogP contribution in [0.4, 0.5) is 26.3 Å². The van der Waals surface area contributed by atoms with Crippen molar-refractivity contribution in [3.05, 3.63) is 0 Å². The van der Waals surface area contributed by atoms with Crippen molar-refractivity contribution in [2.45, 2.75) is 58.1 Å². The number of hydrogen-bond acceptors (Lipinski definition) is 2. The molecule has 0 aliphatic carbocycles. The van der Waals surface area contributed by atoms with Gasteiger partial charge in [-0.2, -0.15) is 26.3 Å². The molecule has 0 fully saturated rings. The maximum Gasteiger partial charge on any atom is 0.423 e. The van der Waals surface area contributed by atoms with Gasteiger partial charge in [0, 0.05) is 12.6 Å². The van der Waals surface area contributed by atoms with Gasteiger partial charge in [-0.25, -0.2) is 0 Å². The normalized spacial score (nSPS) is 15.2. The van der Waals surface area contributed by atoms with E-state index in [4.69, 9.17) is 0 Å². The number of ether oxygens (including phenoxy) is 1. The van der Waals surface area contributed by atoms with Crippen LogP contribution in [0.3, 0.4) is 0 Å². The Morgan fingerprint density at radius 3 is 1.80 bits per heavy atom. The van der Waals surface area contributed by atoms with Crippen LogP contribution in [-0.2, 0) is 4.74 Å². The van der Waals surface area contributed by atoms with Crippen molar-refractivity contribution < 1.29 is 31.1 Å². The Hall–Kier alpha value is -0.500. The summed E-state index contributed by atoms with van der Waals surface area (Å²) in [6.45, 7) is 5.20. The maximum atomic E-state index is 12.1. The molecule has 0 radical (unpaired) electrons. The number of nitrogens with one attached hydrogen (secondary N) is 1. The first-order valence-corrected chi connectivity index (χ1v) is 6.43. The quantitative estimate of drug-likeness (QED) is 0.542. The van der Waals surface area contributed by atoms with Gasteiger partial charge in [0.15, 0.2) is 0 Å². The van der Waals surface area contributed by atoms with Crippen LogP contribution in [-0.4, -0.2) is 37.7 Å². The topological polar surface area (TPSA) is 21.3 Å². The number of rotatable bonds is 8. The Kier molecular flexibility index (Phi) is 7.87. The summed E-state index contributed by atoms with van der Waals surface area (Å²) in [7, 11) is 0. The molecule has 20 heavy (non-hydrogen) atoms. The van der Waals surface area contributed by atoms with E-state index in [2.05, 4.69) is 10.1 Å². The molecule has 0 aliphatic rings. The van der Waals surface area contributed by atoms with Crippen LogP contribution in [0, 0.1) is 5.92 Å². The zero-order chi connectivity index (χ0) is 16.0. The van der Waals surface area contributed by atoms with Gasteiger partial charge < -0.3 is 10.1 Å². The first kappa shape index (κ1) is 19.5. The van der Waals surface area contributed by atoms with Gasteiger partial charge in [-0.3, -0.25) is 0 Å². The second-order valence-electron chi connectivity index (χ2n) is 5.16. The van der Waals surface area contributed by atoms with Crippen LogP contribution in [0.1, 0.15) is 33.6 Å². The van der Waals surface area contributed by atoms with Gasteiger partial charge in [0.25, 0.3) is 0 Å². The maximum absolute atomic E-state index is 12.1. The third-order valence-electron chi connectivity index (χ3n) is 2.65. The van der Waals surface area contributed by atoms with Gasteiger partial charge >= 0.3 is 12.4 Å². The van der Waals surface area contributed by atoms with E-state index in [0.29, 0.717) is 5.92 Å². The Morgan fingerprint density at radius 1 is 0.900 bits per heavy atom. The molecule has 0 saturated heterocycles. The summed E-state index contributed by atoms with van der Waals surface area (Å²) in [5.74, 6) is 0.496. The lowest BCUT2D eigenvalue weighted by Crippen LogP contribution is -2.45. The third-order valence-corrected chi connectivity index (χ3v) is 2.65. The predicted octanol–water partition coefficient (Wildman–Crippen LogP) is 3.91. The molecule has 0 aliphatic heterocycles. The van der Waals surface area contributed by atoms with Crippen LogP contribution in [0.15, 0.2) is 0 Å². The van der Waals surface area contributed by atoms with Crippen LogP contribution in [0.25, 0.3) is 0 Å². The summed E-state index contributed by atoms with van der Waals surface area (Å²) in [6.07, 6.45) is -12.9. The lowest BCUT2D eigenvalue weighted by Gasteiger charge is -2.23. The van der Waals surface area contributed by atoms with E-state index in [9.17, 15) is 26.3 Å². The lowest BCUT2D eigenvalue weighted by molar-refractivity contribution is -0.321. The van der Waals surface area contributed by atoms with Crippen molar-refractivity contribution >= 4 is 0 Å². The second kappa shape index (κ2) is 8.07. The Morgan fingerprint density at radius 2 is 1.40 bits per heavy atom. The summed E-state index contributed by atoms with van der Waals surface area (Å²) in [5, 5.41) is 2.84. The summed E-state index contributed by atoms with van der Waals surface area (Å²) < 4.78 is 76.8. The fraction of sp³-hybridized carbons (Fsp3) is 1.00. The SMILES string of the molecule is CC(C)CCC(C)NCCOC(C(F)(F)F)C(F)(F)F. The average molecular weight is 309 g/mol. The molecule has 0 aromatic heterocycles. The van der Waals surface area contributed by atoms with E-state index in [1.165, 1.54) is 0 Å². The molecule has 122 valence electrons.